The number of nitrogen functional groups attached to an aromatic ring is 1. The minimum absolute atomic E-state index is 0.437. The van der Waals surface area contributed by atoms with Crippen molar-refractivity contribution >= 4 is 5.82 Å². The molecule has 2 N–H and O–H groups in total. The third kappa shape index (κ3) is 2.05. The number of anilines is 1. The number of halogens is 3. The van der Waals surface area contributed by atoms with Gasteiger partial charge in [0.25, 0.3) is 0 Å². The van der Waals surface area contributed by atoms with Crippen LogP contribution in [0.25, 0.3) is 11.3 Å². The molecule has 0 aliphatic rings. The lowest BCUT2D eigenvalue weighted by Crippen LogP contribution is -2.04. The number of alkyl halides is 3. The summed E-state index contributed by atoms with van der Waals surface area (Å²) in [4.78, 5) is 4.23. The number of aryl methyl sites for hydroxylation is 1. The first-order valence-electron chi connectivity index (χ1n) is 5.27. The van der Waals surface area contributed by atoms with Gasteiger partial charge in [0.05, 0.1) is 5.56 Å². The largest absolute Gasteiger partial charge is 0.416 e. The van der Waals surface area contributed by atoms with E-state index in [1.165, 1.54) is 12.1 Å². The summed E-state index contributed by atoms with van der Waals surface area (Å²) in [6, 6.07) is 4.81. The van der Waals surface area contributed by atoms with E-state index in [0.29, 0.717) is 22.9 Å². The van der Waals surface area contributed by atoms with Gasteiger partial charge in [0.15, 0.2) is 0 Å². The molecule has 0 aliphatic carbocycles. The highest BCUT2D eigenvalue weighted by Crippen LogP contribution is 2.32. The normalized spacial score (nSPS) is 11.8. The van der Waals surface area contributed by atoms with E-state index in [1.807, 2.05) is 0 Å². The Morgan fingerprint density at radius 3 is 2.11 bits per heavy atom. The van der Waals surface area contributed by atoms with E-state index >= 15 is 0 Å². The molecule has 2 rings (SSSR count). The first-order chi connectivity index (χ1) is 8.30. The zero-order chi connectivity index (χ0) is 13.5. The molecule has 1 heterocycles. The molecule has 0 radical (unpaired) electrons. The predicted octanol–water partition coefficient (Wildman–Crippen LogP) is 3.00. The Kier molecular flexibility index (Phi) is 2.80. The molecule has 1 aromatic carbocycles. The lowest BCUT2D eigenvalue weighted by atomic mass is 10.1. The predicted molar refractivity (Wildman–Crippen MR) is 62.8 cm³/mol. The van der Waals surface area contributed by atoms with E-state index in [4.69, 9.17) is 5.73 Å². The van der Waals surface area contributed by atoms with Crippen LogP contribution in [0.15, 0.2) is 24.3 Å². The van der Waals surface area contributed by atoms with Crippen LogP contribution in [0.2, 0.25) is 0 Å². The maximum absolute atomic E-state index is 12.4. The lowest BCUT2D eigenvalue weighted by molar-refractivity contribution is -0.137. The Morgan fingerprint density at radius 2 is 1.72 bits per heavy atom. The fourth-order valence-electron chi connectivity index (χ4n) is 1.66. The van der Waals surface area contributed by atoms with Crippen LogP contribution >= 0.6 is 0 Å². The highest BCUT2D eigenvalue weighted by molar-refractivity contribution is 5.71. The summed E-state index contributed by atoms with van der Waals surface area (Å²) in [6.45, 7) is 1.78. The second kappa shape index (κ2) is 4.04. The maximum atomic E-state index is 12.4. The summed E-state index contributed by atoms with van der Waals surface area (Å²) in [5.74, 6) is 1.15. The number of imidazole rings is 1. The molecule has 0 fully saturated rings. The highest BCUT2D eigenvalue weighted by Gasteiger charge is 2.30. The van der Waals surface area contributed by atoms with Crippen LogP contribution in [-0.2, 0) is 13.2 Å². The Balaban J connectivity index is 2.44. The summed E-state index contributed by atoms with van der Waals surface area (Å²) >= 11 is 0. The Morgan fingerprint density at radius 1 is 1.17 bits per heavy atom. The van der Waals surface area contributed by atoms with Crippen molar-refractivity contribution in [2.75, 3.05) is 5.73 Å². The number of hydrogen-bond acceptors (Lipinski definition) is 2. The summed E-state index contributed by atoms with van der Waals surface area (Å²) in [5, 5.41) is 0. The second-order valence-electron chi connectivity index (χ2n) is 4.03. The summed E-state index contributed by atoms with van der Waals surface area (Å²) in [5.41, 5.74) is 6.23. The van der Waals surface area contributed by atoms with Crippen molar-refractivity contribution in [3.05, 3.63) is 35.7 Å². The van der Waals surface area contributed by atoms with Crippen LogP contribution in [0.3, 0.4) is 0 Å². The van der Waals surface area contributed by atoms with Crippen LogP contribution in [0.4, 0.5) is 19.0 Å². The van der Waals surface area contributed by atoms with Gasteiger partial charge in [-0.15, -0.1) is 0 Å². The van der Waals surface area contributed by atoms with Gasteiger partial charge in [0.2, 0.25) is 0 Å². The molecule has 0 bridgehead atoms. The number of aromatic nitrogens is 2. The van der Waals surface area contributed by atoms with E-state index in [0.717, 1.165) is 12.1 Å². The second-order valence-corrected chi connectivity index (χ2v) is 4.03. The van der Waals surface area contributed by atoms with E-state index in [9.17, 15) is 13.2 Å². The van der Waals surface area contributed by atoms with Gasteiger partial charge in [-0.3, -0.25) is 0 Å². The molecule has 0 saturated carbocycles. The SMILES string of the molecule is Cc1nc(-c2ccc(C(F)(F)F)cc2)c(N)n1C. The fraction of sp³-hybridized carbons (Fsp3) is 0.250. The lowest BCUT2D eigenvalue weighted by Gasteiger charge is -2.07. The molecular formula is C12H12F3N3. The van der Waals surface area contributed by atoms with Gasteiger partial charge in [-0.2, -0.15) is 13.2 Å². The summed E-state index contributed by atoms with van der Waals surface area (Å²) < 4.78 is 39.0. The van der Waals surface area contributed by atoms with Crippen molar-refractivity contribution in [3.8, 4) is 11.3 Å². The van der Waals surface area contributed by atoms with Crippen molar-refractivity contribution < 1.29 is 13.2 Å². The molecular weight excluding hydrogens is 243 g/mol. The third-order valence-corrected chi connectivity index (χ3v) is 2.85. The Bertz CT molecular complexity index is 567. The van der Waals surface area contributed by atoms with Gasteiger partial charge >= 0.3 is 6.18 Å². The molecule has 6 heteroatoms. The molecule has 0 saturated heterocycles. The fourth-order valence-corrected chi connectivity index (χ4v) is 1.66. The third-order valence-electron chi connectivity index (χ3n) is 2.85. The molecule has 0 atom stereocenters. The summed E-state index contributed by atoms with van der Waals surface area (Å²) in [7, 11) is 1.76. The van der Waals surface area contributed by atoms with Crippen molar-refractivity contribution in [3.63, 3.8) is 0 Å². The molecule has 2 aromatic rings. The summed E-state index contributed by atoms with van der Waals surface area (Å²) in [6.07, 6.45) is -4.33. The van der Waals surface area contributed by atoms with Crippen LogP contribution in [-0.4, -0.2) is 9.55 Å². The zero-order valence-electron chi connectivity index (χ0n) is 9.92. The number of hydrogen-bond donors (Lipinski definition) is 1. The van der Waals surface area contributed by atoms with Crippen molar-refractivity contribution in [1.82, 2.24) is 9.55 Å². The topological polar surface area (TPSA) is 43.8 Å². The van der Waals surface area contributed by atoms with Gasteiger partial charge in [0.1, 0.15) is 17.3 Å². The van der Waals surface area contributed by atoms with Crippen molar-refractivity contribution in [2.24, 2.45) is 7.05 Å². The molecule has 0 spiro atoms. The molecule has 3 nitrogen and oxygen atoms in total. The van der Waals surface area contributed by atoms with Crippen LogP contribution in [0, 0.1) is 6.92 Å². The average molecular weight is 255 g/mol. The first kappa shape index (κ1) is 12.5. The van der Waals surface area contributed by atoms with Crippen LogP contribution < -0.4 is 5.73 Å². The van der Waals surface area contributed by atoms with Gasteiger partial charge in [-0.05, 0) is 19.1 Å². The molecule has 0 aliphatic heterocycles. The van der Waals surface area contributed by atoms with Crippen LogP contribution in [0.1, 0.15) is 11.4 Å². The highest BCUT2D eigenvalue weighted by atomic mass is 19.4. The molecule has 96 valence electrons. The molecule has 1 aromatic heterocycles. The minimum atomic E-state index is -4.33. The maximum Gasteiger partial charge on any atom is 0.416 e. The number of rotatable bonds is 1. The van der Waals surface area contributed by atoms with Gasteiger partial charge in [-0.25, -0.2) is 4.98 Å². The number of benzene rings is 1. The monoisotopic (exact) mass is 255 g/mol. The molecule has 0 amide bonds. The minimum Gasteiger partial charge on any atom is -0.383 e. The smallest absolute Gasteiger partial charge is 0.383 e. The number of nitrogens with zero attached hydrogens (tertiary/aromatic N) is 2. The van der Waals surface area contributed by atoms with Crippen molar-refractivity contribution in [1.29, 1.82) is 0 Å². The zero-order valence-corrected chi connectivity index (χ0v) is 9.92. The van der Waals surface area contributed by atoms with E-state index in [-0.39, 0.29) is 0 Å². The standard InChI is InChI=1S/C12H12F3N3/c1-7-17-10(11(16)18(7)2)8-3-5-9(6-4-8)12(13,14)15/h3-6H,16H2,1-2H3. The molecule has 0 unspecified atom stereocenters. The van der Waals surface area contributed by atoms with Gasteiger partial charge in [-0.1, -0.05) is 12.1 Å². The van der Waals surface area contributed by atoms with Crippen LogP contribution in [0.5, 0.6) is 0 Å². The van der Waals surface area contributed by atoms with Gasteiger partial charge in [0, 0.05) is 12.6 Å². The van der Waals surface area contributed by atoms with E-state index in [1.54, 1.807) is 18.5 Å². The van der Waals surface area contributed by atoms with E-state index < -0.39 is 11.7 Å². The number of nitrogens with two attached hydrogens (primary N) is 1. The van der Waals surface area contributed by atoms with E-state index in [2.05, 4.69) is 4.98 Å². The van der Waals surface area contributed by atoms with Gasteiger partial charge < -0.3 is 10.3 Å². The Labute approximate surface area is 102 Å². The van der Waals surface area contributed by atoms with Crippen molar-refractivity contribution in [2.45, 2.75) is 13.1 Å². The average Bonchev–Trinajstić information content (AvgIpc) is 2.56. The Hall–Kier alpha value is -1.98. The molecule has 18 heavy (non-hydrogen) atoms. The quantitative estimate of drug-likeness (QED) is 0.851. The first-order valence-corrected chi connectivity index (χ1v) is 5.27.